The fourth-order valence-electron chi connectivity index (χ4n) is 4.75. The lowest BCUT2D eigenvalue weighted by Crippen LogP contribution is -2.38. The Morgan fingerprint density at radius 1 is 1.07 bits per heavy atom. The monoisotopic (exact) mass is 407 g/mol. The molecule has 3 aromatic rings. The fourth-order valence-corrected chi connectivity index (χ4v) is 4.75. The minimum Gasteiger partial charge on any atom is -0.339 e. The van der Waals surface area contributed by atoms with Crippen molar-refractivity contribution in [1.29, 1.82) is 0 Å². The molecule has 0 N–H and O–H groups in total. The van der Waals surface area contributed by atoms with E-state index in [2.05, 4.69) is 38.6 Å². The Kier molecular flexibility index (Phi) is 5.00. The van der Waals surface area contributed by atoms with Gasteiger partial charge in [-0.05, 0) is 45.6 Å². The second-order valence-corrected chi connectivity index (χ2v) is 8.82. The molecule has 158 valence electrons. The summed E-state index contributed by atoms with van der Waals surface area (Å²) in [7, 11) is 0. The average molecular weight is 408 g/mol. The van der Waals surface area contributed by atoms with E-state index in [9.17, 15) is 4.79 Å². The van der Waals surface area contributed by atoms with E-state index in [0.29, 0.717) is 11.5 Å². The third kappa shape index (κ3) is 3.38. The molecule has 0 saturated carbocycles. The van der Waals surface area contributed by atoms with E-state index >= 15 is 0 Å². The predicted molar refractivity (Wildman–Crippen MR) is 113 cm³/mol. The lowest BCUT2D eigenvalue weighted by atomic mass is 9.95. The van der Waals surface area contributed by atoms with Gasteiger partial charge in [0, 0.05) is 44.2 Å². The smallest absolute Gasteiger partial charge is 0.255 e. The SMILES string of the molecule is CC(C)n1cnc2cc(C(=O)N3CCC(c4nnc5n4CCCCC5)CC3)cnc21. The first-order valence-corrected chi connectivity index (χ1v) is 11.2. The number of aryl methyl sites for hydroxylation is 1. The number of carbonyl (C=O) groups excluding carboxylic acids is 1. The number of piperidine rings is 1. The molecule has 0 aromatic carbocycles. The number of nitrogens with zero attached hydrogens (tertiary/aromatic N) is 7. The summed E-state index contributed by atoms with van der Waals surface area (Å²) in [4.78, 5) is 24.0. The molecule has 0 atom stereocenters. The number of imidazole rings is 1. The topological polar surface area (TPSA) is 81.7 Å². The van der Waals surface area contributed by atoms with Crippen molar-refractivity contribution in [2.45, 2.75) is 70.9 Å². The zero-order valence-corrected chi connectivity index (χ0v) is 17.8. The molecule has 5 heterocycles. The summed E-state index contributed by atoms with van der Waals surface area (Å²) in [6.07, 6.45) is 10.1. The van der Waals surface area contributed by atoms with Gasteiger partial charge in [-0.1, -0.05) is 6.42 Å². The maximum atomic E-state index is 13.1. The minimum absolute atomic E-state index is 0.0435. The van der Waals surface area contributed by atoms with Gasteiger partial charge < -0.3 is 14.0 Å². The molecule has 1 amide bonds. The van der Waals surface area contributed by atoms with Crippen molar-refractivity contribution in [3.8, 4) is 0 Å². The number of pyridine rings is 1. The van der Waals surface area contributed by atoms with E-state index in [1.54, 1.807) is 12.5 Å². The minimum atomic E-state index is 0.0435. The first-order chi connectivity index (χ1) is 14.6. The molecule has 0 radical (unpaired) electrons. The standard InChI is InChI=1S/C22H29N7O/c1-15(2)29-14-24-18-12-17(13-23-21(18)29)22(30)27-10-7-16(8-11-27)20-26-25-19-6-4-3-5-9-28(19)20/h12-16H,3-11H2,1-2H3. The van der Waals surface area contributed by atoms with Gasteiger partial charge in [0.1, 0.15) is 17.2 Å². The van der Waals surface area contributed by atoms with Crippen LogP contribution in [0.25, 0.3) is 11.2 Å². The van der Waals surface area contributed by atoms with Gasteiger partial charge in [0.25, 0.3) is 5.91 Å². The van der Waals surface area contributed by atoms with Crippen molar-refractivity contribution in [2.75, 3.05) is 13.1 Å². The van der Waals surface area contributed by atoms with Crippen LogP contribution in [0.15, 0.2) is 18.6 Å². The average Bonchev–Trinajstić information content (AvgIpc) is 3.30. The van der Waals surface area contributed by atoms with Gasteiger partial charge in [0.15, 0.2) is 5.65 Å². The highest BCUT2D eigenvalue weighted by Gasteiger charge is 2.29. The lowest BCUT2D eigenvalue weighted by molar-refractivity contribution is 0.0710. The van der Waals surface area contributed by atoms with Crippen molar-refractivity contribution >= 4 is 17.1 Å². The van der Waals surface area contributed by atoms with E-state index in [1.807, 2.05) is 15.5 Å². The Labute approximate surface area is 176 Å². The Bertz CT molecular complexity index is 1060. The van der Waals surface area contributed by atoms with Gasteiger partial charge in [-0.2, -0.15) is 0 Å². The first-order valence-electron chi connectivity index (χ1n) is 11.2. The maximum absolute atomic E-state index is 13.1. The summed E-state index contributed by atoms with van der Waals surface area (Å²) in [6.45, 7) is 6.71. The van der Waals surface area contributed by atoms with Crippen LogP contribution in [0.4, 0.5) is 0 Å². The molecule has 30 heavy (non-hydrogen) atoms. The zero-order valence-electron chi connectivity index (χ0n) is 17.8. The number of hydrogen-bond acceptors (Lipinski definition) is 5. The van der Waals surface area contributed by atoms with Crippen LogP contribution in [-0.2, 0) is 13.0 Å². The number of rotatable bonds is 3. The van der Waals surface area contributed by atoms with Gasteiger partial charge in [-0.3, -0.25) is 4.79 Å². The van der Waals surface area contributed by atoms with Crippen LogP contribution in [0.1, 0.15) is 79.9 Å². The van der Waals surface area contributed by atoms with Crippen molar-refractivity contribution in [3.63, 3.8) is 0 Å². The van der Waals surface area contributed by atoms with Crippen LogP contribution in [0.2, 0.25) is 0 Å². The van der Waals surface area contributed by atoms with Gasteiger partial charge in [-0.25, -0.2) is 9.97 Å². The van der Waals surface area contributed by atoms with E-state index < -0.39 is 0 Å². The third-order valence-corrected chi connectivity index (χ3v) is 6.50. The van der Waals surface area contributed by atoms with Crippen LogP contribution in [0, 0.1) is 0 Å². The summed E-state index contributed by atoms with van der Waals surface area (Å²) in [5.74, 6) is 2.69. The zero-order chi connectivity index (χ0) is 20.7. The summed E-state index contributed by atoms with van der Waals surface area (Å²) in [5, 5.41) is 8.98. The summed E-state index contributed by atoms with van der Waals surface area (Å²) >= 11 is 0. The van der Waals surface area contributed by atoms with Gasteiger partial charge in [-0.15, -0.1) is 10.2 Å². The molecule has 0 aliphatic carbocycles. The molecule has 0 unspecified atom stereocenters. The van der Waals surface area contributed by atoms with E-state index in [4.69, 9.17) is 0 Å². The van der Waals surface area contributed by atoms with Crippen molar-refractivity contribution in [1.82, 2.24) is 34.2 Å². The highest BCUT2D eigenvalue weighted by atomic mass is 16.2. The number of carbonyl (C=O) groups is 1. The normalized spacial score (nSPS) is 18.0. The molecule has 1 saturated heterocycles. The Balaban J connectivity index is 1.28. The maximum Gasteiger partial charge on any atom is 0.255 e. The fraction of sp³-hybridized carbons (Fsp3) is 0.591. The molecule has 0 bridgehead atoms. The number of likely N-dealkylation sites (tertiary alicyclic amines) is 1. The Morgan fingerprint density at radius 2 is 1.90 bits per heavy atom. The van der Waals surface area contributed by atoms with Crippen LogP contribution in [0.3, 0.4) is 0 Å². The van der Waals surface area contributed by atoms with Crippen molar-refractivity contribution in [2.24, 2.45) is 0 Å². The van der Waals surface area contributed by atoms with E-state index in [-0.39, 0.29) is 11.9 Å². The lowest BCUT2D eigenvalue weighted by Gasteiger charge is -2.31. The third-order valence-electron chi connectivity index (χ3n) is 6.50. The number of fused-ring (bicyclic) bond motifs is 2. The predicted octanol–water partition coefficient (Wildman–Crippen LogP) is 3.35. The second-order valence-electron chi connectivity index (χ2n) is 8.82. The van der Waals surface area contributed by atoms with Gasteiger partial charge >= 0.3 is 0 Å². The quantitative estimate of drug-likeness (QED) is 0.665. The largest absolute Gasteiger partial charge is 0.339 e. The number of aromatic nitrogens is 6. The molecule has 2 aliphatic rings. The number of hydrogen-bond donors (Lipinski definition) is 0. The van der Waals surface area contributed by atoms with Crippen LogP contribution >= 0.6 is 0 Å². The van der Waals surface area contributed by atoms with Gasteiger partial charge in [0.2, 0.25) is 0 Å². The van der Waals surface area contributed by atoms with E-state index in [1.165, 1.54) is 19.3 Å². The van der Waals surface area contributed by atoms with Crippen molar-refractivity contribution in [3.05, 3.63) is 35.8 Å². The molecule has 3 aromatic heterocycles. The van der Waals surface area contributed by atoms with Crippen LogP contribution in [0.5, 0.6) is 0 Å². The van der Waals surface area contributed by atoms with Crippen LogP contribution < -0.4 is 0 Å². The Morgan fingerprint density at radius 3 is 2.70 bits per heavy atom. The molecular weight excluding hydrogens is 378 g/mol. The molecule has 8 nitrogen and oxygen atoms in total. The van der Waals surface area contributed by atoms with Crippen molar-refractivity contribution < 1.29 is 4.79 Å². The first kappa shape index (κ1) is 19.2. The Hall–Kier alpha value is -2.77. The molecule has 2 aliphatic heterocycles. The molecule has 5 rings (SSSR count). The van der Waals surface area contributed by atoms with Gasteiger partial charge in [0.05, 0.1) is 11.9 Å². The number of amides is 1. The summed E-state index contributed by atoms with van der Waals surface area (Å²) in [5.41, 5.74) is 2.22. The van der Waals surface area contributed by atoms with E-state index in [0.717, 1.165) is 61.7 Å². The molecular formula is C22H29N7O. The highest BCUT2D eigenvalue weighted by molar-refractivity contribution is 5.96. The summed E-state index contributed by atoms with van der Waals surface area (Å²) < 4.78 is 4.37. The summed E-state index contributed by atoms with van der Waals surface area (Å²) in [6, 6.07) is 2.16. The molecule has 0 spiro atoms. The highest BCUT2D eigenvalue weighted by Crippen LogP contribution is 2.29. The molecule has 1 fully saturated rings. The van der Waals surface area contributed by atoms with Crippen LogP contribution in [-0.4, -0.2) is 53.2 Å². The molecule has 8 heteroatoms. The second kappa shape index (κ2) is 7.81.